The number of hydrogen-bond acceptors (Lipinski definition) is 4. The highest BCUT2D eigenvalue weighted by molar-refractivity contribution is 7.87. The first-order valence-electron chi connectivity index (χ1n) is 4.24. The maximum atomic E-state index is 11.2. The lowest BCUT2D eigenvalue weighted by molar-refractivity contribution is 0.0735. The monoisotopic (exact) mass is 226 g/mol. The zero-order valence-electron chi connectivity index (χ0n) is 8.82. The Morgan fingerprint density at radius 3 is 2.36 bits per heavy atom. The summed E-state index contributed by atoms with van der Waals surface area (Å²) < 4.78 is 35.6. The molecule has 0 heterocycles. The molecule has 0 fully saturated rings. The minimum atomic E-state index is -3.32. The van der Waals surface area contributed by atoms with Crippen LogP contribution < -0.4 is 4.72 Å². The smallest absolute Gasteiger partial charge is 0.279 e. The van der Waals surface area contributed by atoms with Crippen LogP contribution in [0.4, 0.5) is 0 Å². The number of hydrogen-bond donors (Lipinski definition) is 1. The van der Waals surface area contributed by atoms with Crippen molar-refractivity contribution < 1.29 is 17.9 Å². The van der Waals surface area contributed by atoms with Crippen LogP contribution in [-0.4, -0.2) is 60.3 Å². The molecule has 0 radical (unpaired) electrons. The second-order valence-electron chi connectivity index (χ2n) is 2.79. The molecule has 0 saturated carbocycles. The Morgan fingerprint density at radius 2 is 1.86 bits per heavy atom. The molecule has 0 aromatic carbocycles. The molecule has 0 unspecified atom stereocenters. The van der Waals surface area contributed by atoms with E-state index in [4.69, 9.17) is 9.47 Å². The van der Waals surface area contributed by atoms with Crippen molar-refractivity contribution in [1.82, 2.24) is 9.03 Å². The summed E-state index contributed by atoms with van der Waals surface area (Å²) in [7, 11) is 1.20. The molecule has 14 heavy (non-hydrogen) atoms. The largest absolute Gasteiger partial charge is 0.382 e. The summed E-state index contributed by atoms with van der Waals surface area (Å²) in [4.78, 5) is 0. The van der Waals surface area contributed by atoms with E-state index < -0.39 is 10.2 Å². The van der Waals surface area contributed by atoms with E-state index in [1.165, 1.54) is 14.1 Å². The zero-order chi connectivity index (χ0) is 11.0. The quantitative estimate of drug-likeness (QED) is 0.542. The number of nitrogens with zero attached hydrogens (tertiary/aromatic N) is 1. The van der Waals surface area contributed by atoms with Crippen molar-refractivity contribution in [2.75, 3.05) is 47.6 Å². The molecular formula is C7H18N2O4S. The zero-order valence-corrected chi connectivity index (χ0v) is 9.63. The first-order valence-corrected chi connectivity index (χ1v) is 5.68. The van der Waals surface area contributed by atoms with Gasteiger partial charge in [-0.05, 0) is 0 Å². The second kappa shape index (κ2) is 7.13. The van der Waals surface area contributed by atoms with Gasteiger partial charge >= 0.3 is 0 Å². The molecule has 1 N–H and O–H groups in total. The number of methoxy groups -OCH3 is 1. The van der Waals surface area contributed by atoms with Gasteiger partial charge in [-0.1, -0.05) is 0 Å². The summed E-state index contributed by atoms with van der Waals surface area (Å²) in [6.45, 7) is 1.60. The predicted octanol–water partition coefficient (Wildman–Crippen LogP) is -0.955. The second-order valence-corrected chi connectivity index (χ2v) is 4.76. The lowest BCUT2D eigenvalue weighted by atomic mass is 10.7. The van der Waals surface area contributed by atoms with Crippen molar-refractivity contribution in [3.8, 4) is 0 Å². The maximum absolute atomic E-state index is 11.2. The first-order chi connectivity index (χ1) is 6.50. The van der Waals surface area contributed by atoms with Crippen LogP contribution in [0.25, 0.3) is 0 Å². The number of nitrogens with one attached hydrogen (secondary N) is 1. The minimum Gasteiger partial charge on any atom is -0.382 e. The van der Waals surface area contributed by atoms with Gasteiger partial charge in [-0.25, -0.2) is 0 Å². The SMILES string of the molecule is COCCOCCNS(=O)(=O)N(C)C. The summed E-state index contributed by atoms with van der Waals surface area (Å²) in [5.74, 6) is 0. The van der Waals surface area contributed by atoms with Crippen LogP contribution in [0.3, 0.4) is 0 Å². The van der Waals surface area contributed by atoms with Gasteiger partial charge in [0.1, 0.15) is 0 Å². The first kappa shape index (κ1) is 13.8. The highest BCUT2D eigenvalue weighted by Gasteiger charge is 2.10. The van der Waals surface area contributed by atoms with Gasteiger partial charge in [0.25, 0.3) is 10.2 Å². The van der Waals surface area contributed by atoms with Crippen LogP contribution in [-0.2, 0) is 19.7 Å². The van der Waals surface area contributed by atoms with Gasteiger partial charge in [-0.2, -0.15) is 17.4 Å². The van der Waals surface area contributed by atoms with Gasteiger partial charge in [0.05, 0.1) is 19.8 Å². The Balaban J connectivity index is 3.46. The standard InChI is InChI=1S/C7H18N2O4S/c1-9(2)14(10,11)8-4-5-13-7-6-12-3/h8H,4-7H2,1-3H3. The minimum absolute atomic E-state index is 0.268. The third-order valence-electron chi connectivity index (χ3n) is 1.44. The fraction of sp³-hybridized carbons (Fsp3) is 1.00. The van der Waals surface area contributed by atoms with E-state index in [0.29, 0.717) is 19.8 Å². The summed E-state index contributed by atoms with van der Waals surface area (Å²) in [6.07, 6.45) is 0. The predicted molar refractivity (Wildman–Crippen MR) is 53.3 cm³/mol. The van der Waals surface area contributed by atoms with Crippen LogP contribution in [0.15, 0.2) is 0 Å². The van der Waals surface area contributed by atoms with E-state index in [-0.39, 0.29) is 6.54 Å². The molecule has 86 valence electrons. The molecule has 0 amide bonds. The molecule has 0 saturated heterocycles. The lowest BCUT2D eigenvalue weighted by Crippen LogP contribution is -2.37. The highest BCUT2D eigenvalue weighted by Crippen LogP contribution is 1.86. The highest BCUT2D eigenvalue weighted by atomic mass is 32.2. The Bertz CT molecular complexity index is 228. The molecule has 7 heteroatoms. The molecule has 0 atom stereocenters. The molecule has 0 aliphatic rings. The topological polar surface area (TPSA) is 67.9 Å². The molecule has 0 spiro atoms. The third kappa shape index (κ3) is 6.28. The Hall–Kier alpha value is -0.210. The van der Waals surface area contributed by atoms with Crippen molar-refractivity contribution in [3.05, 3.63) is 0 Å². The van der Waals surface area contributed by atoms with Crippen LogP contribution in [0.2, 0.25) is 0 Å². The van der Waals surface area contributed by atoms with Crippen molar-refractivity contribution >= 4 is 10.2 Å². The van der Waals surface area contributed by atoms with E-state index >= 15 is 0 Å². The summed E-state index contributed by atoms with van der Waals surface area (Å²) in [5, 5.41) is 0. The van der Waals surface area contributed by atoms with Gasteiger partial charge in [-0.3, -0.25) is 0 Å². The number of rotatable bonds is 8. The molecule has 0 aromatic heterocycles. The van der Waals surface area contributed by atoms with Gasteiger partial charge in [0.15, 0.2) is 0 Å². The average molecular weight is 226 g/mol. The Kier molecular flexibility index (Phi) is 7.02. The summed E-state index contributed by atoms with van der Waals surface area (Å²) >= 11 is 0. The van der Waals surface area contributed by atoms with Gasteiger partial charge < -0.3 is 9.47 Å². The van der Waals surface area contributed by atoms with Gasteiger partial charge in [0.2, 0.25) is 0 Å². The molecule has 0 aliphatic carbocycles. The Morgan fingerprint density at radius 1 is 1.21 bits per heavy atom. The summed E-state index contributed by atoms with van der Waals surface area (Å²) in [5.41, 5.74) is 0. The van der Waals surface area contributed by atoms with Crippen LogP contribution in [0.1, 0.15) is 0 Å². The van der Waals surface area contributed by atoms with E-state index in [9.17, 15) is 8.42 Å². The van der Waals surface area contributed by atoms with Crippen molar-refractivity contribution in [2.24, 2.45) is 0 Å². The van der Waals surface area contributed by atoms with E-state index in [0.717, 1.165) is 4.31 Å². The molecule has 6 nitrogen and oxygen atoms in total. The molecule has 0 aromatic rings. The van der Waals surface area contributed by atoms with Crippen molar-refractivity contribution in [1.29, 1.82) is 0 Å². The fourth-order valence-electron chi connectivity index (χ4n) is 0.616. The average Bonchev–Trinajstić information content (AvgIpc) is 2.10. The maximum Gasteiger partial charge on any atom is 0.279 e. The van der Waals surface area contributed by atoms with Gasteiger partial charge in [-0.15, -0.1) is 0 Å². The normalized spacial score (nSPS) is 12.3. The van der Waals surface area contributed by atoms with Crippen LogP contribution >= 0.6 is 0 Å². The number of ether oxygens (including phenoxy) is 2. The summed E-state index contributed by atoms with van der Waals surface area (Å²) in [6, 6.07) is 0. The van der Waals surface area contributed by atoms with E-state index in [1.54, 1.807) is 7.11 Å². The Labute approximate surface area is 85.4 Å². The molecule has 0 rings (SSSR count). The van der Waals surface area contributed by atoms with Gasteiger partial charge in [0, 0.05) is 27.7 Å². The van der Waals surface area contributed by atoms with Crippen molar-refractivity contribution in [3.63, 3.8) is 0 Å². The van der Waals surface area contributed by atoms with Crippen LogP contribution in [0, 0.1) is 0 Å². The molecule has 0 aliphatic heterocycles. The molecule has 0 bridgehead atoms. The lowest BCUT2D eigenvalue weighted by Gasteiger charge is -2.12. The van der Waals surface area contributed by atoms with Crippen molar-refractivity contribution in [2.45, 2.75) is 0 Å². The van der Waals surface area contributed by atoms with E-state index in [2.05, 4.69) is 4.72 Å². The van der Waals surface area contributed by atoms with E-state index in [1.807, 2.05) is 0 Å². The van der Waals surface area contributed by atoms with Crippen LogP contribution in [0.5, 0.6) is 0 Å². The third-order valence-corrected chi connectivity index (χ3v) is 2.97. The molecular weight excluding hydrogens is 208 g/mol. The fourth-order valence-corrected chi connectivity index (χ4v) is 1.22.